The summed E-state index contributed by atoms with van der Waals surface area (Å²) in [6, 6.07) is 8.40. The second-order valence-electron chi connectivity index (χ2n) is 5.77. The lowest BCUT2D eigenvalue weighted by Crippen LogP contribution is -2.12. The summed E-state index contributed by atoms with van der Waals surface area (Å²) in [6.07, 6.45) is 5.96. The number of hydrogen-bond donors (Lipinski definition) is 3. The summed E-state index contributed by atoms with van der Waals surface area (Å²) in [5.41, 5.74) is 1.01. The number of primary sulfonamides is 1. The fourth-order valence-electron chi connectivity index (χ4n) is 2.30. The summed E-state index contributed by atoms with van der Waals surface area (Å²) in [4.78, 5) is 8.74. The Hall–Kier alpha value is -2.19. The highest BCUT2D eigenvalue weighted by molar-refractivity contribution is 7.89. The molecular weight excluding hydrogens is 338 g/mol. The van der Waals surface area contributed by atoms with Gasteiger partial charge in [-0.05, 0) is 36.6 Å². The lowest BCUT2D eigenvalue weighted by Gasteiger charge is -2.08. The molecule has 7 nitrogen and oxygen atoms in total. The maximum atomic E-state index is 11.2. The Morgan fingerprint density at radius 1 is 1.04 bits per heavy atom. The normalized spacial score (nSPS) is 11.3. The highest BCUT2D eigenvalue weighted by Gasteiger charge is 2.06. The lowest BCUT2D eigenvalue weighted by molar-refractivity contribution is 0.598. The molecule has 0 amide bonds. The lowest BCUT2D eigenvalue weighted by atomic mass is 10.1. The van der Waals surface area contributed by atoms with Gasteiger partial charge in [-0.3, -0.25) is 0 Å². The second kappa shape index (κ2) is 9.33. The Kier molecular flexibility index (Phi) is 7.15. The van der Waals surface area contributed by atoms with E-state index in [9.17, 15) is 8.42 Å². The van der Waals surface area contributed by atoms with E-state index in [1.165, 1.54) is 25.0 Å². The first-order chi connectivity index (χ1) is 12.0. The molecule has 0 aliphatic heterocycles. The minimum Gasteiger partial charge on any atom is -0.370 e. The number of hydrogen-bond acceptors (Lipinski definition) is 6. The molecule has 0 radical (unpaired) electrons. The first-order valence-corrected chi connectivity index (χ1v) is 9.96. The third kappa shape index (κ3) is 6.67. The van der Waals surface area contributed by atoms with Gasteiger partial charge in [0.15, 0.2) is 0 Å². The van der Waals surface area contributed by atoms with Crippen LogP contribution in [0.4, 0.5) is 11.8 Å². The van der Waals surface area contributed by atoms with Crippen LogP contribution < -0.4 is 15.8 Å². The van der Waals surface area contributed by atoms with Crippen LogP contribution in [0.1, 0.15) is 31.7 Å². The number of sulfonamides is 1. The van der Waals surface area contributed by atoms with Gasteiger partial charge in [-0.2, -0.15) is 4.98 Å². The Labute approximate surface area is 149 Å². The minimum atomic E-state index is -3.64. The fourth-order valence-corrected chi connectivity index (χ4v) is 2.81. The molecule has 0 fully saturated rings. The zero-order valence-electron chi connectivity index (χ0n) is 14.4. The van der Waals surface area contributed by atoms with Crippen LogP contribution in [-0.4, -0.2) is 31.5 Å². The Morgan fingerprint density at radius 3 is 2.48 bits per heavy atom. The number of nitrogens with two attached hydrogens (primary N) is 1. The van der Waals surface area contributed by atoms with Gasteiger partial charge < -0.3 is 10.6 Å². The van der Waals surface area contributed by atoms with Crippen LogP contribution in [0.15, 0.2) is 41.4 Å². The van der Waals surface area contributed by atoms with Crippen molar-refractivity contribution in [1.29, 1.82) is 0 Å². The van der Waals surface area contributed by atoms with Gasteiger partial charge in [-0.15, -0.1) is 0 Å². The number of unbranched alkanes of at least 4 members (excludes halogenated alkanes) is 2. The molecule has 0 atom stereocenters. The maximum absolute atomic E-state index is 11.2. The van der Waals surface area contributed by atoms with Gasteiger partial charge in [0, 0.05) is 19.3 Å². The van der Waals surface area contributed by atoms with Crippen LogP contribution in [-0.2, 0) is 16.4 Å². The summed E-state index contributed by atoms with van der Waals surface area (Å²) < 4.78 is 22.5. The van der Waals surface area contributed by atoms with Gasteiger partial charge in [-0.25, -0.2) is 18.5 Å². The molecule has 2 rings (SSSR count). The smallest absolute Gasteiger partial charge is 0.238 e. The molecule has 0 aliphatic rings. The summed E-state index contributed by atoms with van der Waals surface area (Å²) in [7, 11) is -3.64. The molecule has 0 aliphatic carbocycles. The number of benzene rings is 1. The summed E-state index contributed by atoms with van der Waals surface area (Å²) in [6.45, 7) is 3.73. The third-order valence-electron chi connectivity index (χ3n) is 3.69. The number of nitrogens with one attached hydrogen (secondary N) is 2. The molecule has 1 heterocycles. The molecule has 0 saturated carbocycles. The average Bonchev–Trinajstić information content (AvgIpc) is 2.59. The second-order valence-corrected chi connectivity index (χ2v) is 7.33. The van der Waals surface area contributed by atoms with E-state index in [0.29, 0.717) is 12.5 Å². The van der Waals surface area contributed by atoms with Crippen LogP contribution in [0, 0.1) is 0 Å². The number of anilines is 2. The first kappa shape index (κ1) is 19.1. The largest absolute Gasteiger partial charge is 0.370 e. The van der Waals surface area contributed by atoms with E-state index in [0.717, 1.165) is 30.8 Å². The maximum Gasteiger partial charge on any atom is 0.238 e. The van der Waals surface area contributed by atoms with Crippen LogP contribution in [0.25, 0.3) is 0 Å². The number of nitrogens with zero attached hydrogens (tertiary/aromatic N) is 2. The van der Waals surface area contributed by atoms with Crippen LogP contribution >= 0.6 is 0 Å². The summed E-state index contributed by atoms with van der Waals surface area (Å²) in [5.74, 6) is 1.38. The Bertz CT molecular complexity index is 763. The topological polar surface area (TPSA) is 110 Å². The van der Waals surface area contributed by atoms with Crippen molar-refractivity contribution in [3.8, 4) is 0 Å². The van der Waals surface area contributed by atoms with E-state index in [2.05, 4.69) is 27.5 Å². The van der Waals surface area contributed by atoms with Crippen molar-refractivity contribution < 1.29 is 8.42 Å². The molecule has 1 aromatic carbocycles. The van der Waals surface area contributed by atoms with E-state index in [4.69, 9.17) is 5.14 Å². The van der Waals surface area contributed by atoms with E-state index < -0.39 is 10.0 Å². The molecule has 25 heavy (non-hydrogen) atoms. The molecule has 0 spiro atoms. The highest BCUT2D eigenvalue weighted by Crippen LogP contribution is 2.10. The molecule has 2 aromatic rings. The zero-order chi connectivity index (χ0) is 18.1. The van der Waals surface area contributed by atoms with Crippen molar-refractivity contribution in [3.63, 3.8) is 0 Å². The van der Waals surface area contributed by atoms with Crippen molar-refractivity contribution in [1.82, 2.24) is 9.97 Å². The van der Waals surface area contributed by atoms with Crippen molar-refractivity contribution in [3.05, 3.63) is 42.1 Å². The molecule has 0 saturated heterocycles. The van der Waals surface area contributed by atoms with Crippen molar-refractivity contribution >= 4 is 21.8 Å². The Morgan fingerprint density at radius 2 is 1.80 bits per heavy atom. The van der Waals surface area contributed by atoms with Gasteiger partial charge in [0.2, 0.25) is 16.0 Å². The van der Waals surface area contributed by atoms with E-state index in [-0.39, 0.29) is 4.90 Å². The van der Waals surface area contributed by atoms with E-state index >= 15 is 0 Å². The molecule has 1 aromatic heterocycles. The van der Waals surface area contributed by atoms with E-state index in [1.807, 2.05) is 6.07 Å². The predicted octanol–water partition coefficient (Wildman–Crippen LogP) is 2.38. The summed E-state index contributed by atoms with van der Waals surface area (Å²) in [5, 5.41) is 11.5. The highest BCUT2D eigenvalue weighted by atomic mass is 32.2. The van der Waals surface area contributed by atoms with Crippen LogP contribution in [0.2, 0.25) is 0 Å². The fraction of sp³-hybridized carbons (Fsp3) is 0.412. The number of rotatable bonds is 10. The minimum absolute atomic E-state index is 0.120. The van der Waals surface area contributed by atoms with Gasteiger partial charge >= 0.3 is 0 Å². The first-order valence-electron chi connectivity index (χ1n) is 8.41. The number of aromatic nitrogens is 2. The van der Waals surface area contributed by atoms with Gasteiger partial charge in [-0.1, -0.05) is 31.9 Å². The third-order valence-corrected chi connectivity index (χ3v) is 4.62. The van der Waals surface area contributed by atoms with Crippen molar-refractivity contribution in [2.45, 2.75) is 37.5 Å². The van der Waals surface area contributed by atoms with Crippen LogP contribution in [0.5, 0.6) is 0 Å². The monoisotopic (exact) mass is 363 g/mol. The van der Waals surface area contributed by atoms with Crippen molar-refractivity contribution in [2.24, 2.45) is 5.14 Å². The summed E-state index contributed by atoms with van der Waals surface area (Å²) >= 11 is 0. The quantitative estimate of drug-likeness (QED) is 0.559. The standard InChI is InChI=1S/C17H25N5O2S/c1-2-3-4-11-19-16-10-13-21-17(22-16)20-12-9-14-5-7-15(8-6-14)25(18,23)24/h5-8,10,13H,2-4,9,11-12H2,1H3,(H2,18,23,24)(H2,19,20,21,22). The predicted molar refractivity (Wildman–Crippen MR) is 100 cm³/mol. The van der Waals surface area contributed by atoms with Crippen molar-refractivity contribution in [2.75, 3.05) is 23.7 Å². The van der Waals surface area contributed by atoms with Gasteiger partial charge in [0.1, 0.15) is 5.82 Å². The molecular formula is C17H25N5O2S. The van der Waals surface area contributed by atoms with E-state index in [1.54, 1.807) is 18.3 Å². The SMILES string of the molecule is CCCCCNc1ccnc(NCCc2ccc(S(N)(=O)=O)cc2)n1. The van der Waals surface area contributed by atoms with Crippen LogP contribution in [0.3, 0.4) is 0 Å². The van der Waals surface area contributed by atoms with Gasteiger partial charge in [0.25, 0.3) is 0 Å². The molecule has 0 bridgehead atoms. The molecule has 8 heteroatoms. The van der Waals surface area contributed by atoms with Gasteiger partial charge in [0.05, 0.1) is 4.90 Å². The molecule has 4 N–H and O–H groups in total. The molecule has 136 valence electrons. The zero-order valence-corrected chi connectivity index (χ0v) is 15.2. The molecule has 0 unspecified atom stereocenters. The average molecular weight is 363 g/mol. The Balaban J connectivity index is 1.81.